The number of nitrogens with zero attached hydrogens (tertiary/aromatic N) is 1. The van der Waals surface area contributed by atoms with Gasteiger partial charge in [0.05, 0.1) is 10.6 Å². The number of carbonyl (C=O) groups excluding carboxylic acids is 1. The van der Waals surface area contributed by atoms with Crippen molar-refractivity contribution >= 4 is 50.8 Å². The largest absolute Gasteiger partial charge is 0.355 e. The van der Waals surface area contributed by atoms with Crippen molar-refractivity contribution in [3.63, 3.8) is 0 Å². The van der Waals surface area contributed by atoms with Crippen molar-refractivity contribution in [3.05, 3.63) is 58.0 Å². The van der Waals surface area contributed by atoms with E-state index >= 15 is 0 Å². The molecule has 0 radical (unpaired) electrons. The molecule has 0 bridgehead atoms. The summed E-state index contributed by atoms with van der Waals surface area (Å²) in [7, 11) is -3.51. The highest BCUT2D eigenvalue weighted by Crippen LogP contribution is 2.43. The Balaban J connectivity index is 2.09. The molecule has 156 valence electrons. The lowest BCUT2D eigenvalue weighted by atomic mass is 10.0. The van der Waals surface area contributed by atoms with E-state index in [0.717, 1.165) is 16.8 Å². The fraction of sp³-hybridized carbons (Fsp3) is 0.217. The monoisotopic (exact) mass is 423 g/mol. The Morgan fingerprint density at radius 1 is 1.10 bits per heavy atom. The van der Waals surface area contributed by atoms with E-state index < -0.39 is 9.84 Å². The van der Waals surface area contributed by atoms with Crippen molar-refractivity contribution in [1.82, 2.24) is 0 Å². The zero-order chi connectivity index (χ0) is 22.2. The van der Waals surface area contributed by atoms with Gasteiger partial charge in [-0.25, -0.2) is 8.42 Å². The van der Waals surface area contributed by atoms with Crippen LogP contribution in [0.3, 0.4) is 0 Å². The van der Waals surface area contributed by atoms with Crippen molar-refractivity contribution in [2.24, 2.45) is 4.99 Å². The third-order valence-corrected chi connectivity index (χ3v) is 7.33. The summed E-state index contributed by atoms with van der Waals surface area (Å²) in [6.07, 6.45) is 1.86. The predicted molar refractivity (Wildman–Crippen MR) is 124 cm³/mol. The number of aryl methyl sites for hydroxylation is 1. The maximum atomic E-state index is 12.8. The molecule has 0 aromatic heterocycles. The van der Waals surface area contributed by atoms with Crippen LogP contribution < -0.4 is 10.6 Å². The maximum absolute atomic E-state index is 12.8. The van der Waals surface area contributed by atoms with Crippen LogP contribution in [0.5, 0.6) is 0 Å². The lowest BCUT2D eigenvalue weighted by molar-refractivity contribution is -0.114. The second-order valence-electron chi connectivity index (χ2n) is 7.25. The van der Waals surface area contributed by atoms with E-state index in [9.17, 15) is 13.2 Å². The third-order valence-electron chi connectivity index (χ3n) is 5.30. The second kappa shape index (κ2) is 7.91. The average molecular weight is 424 g/mol. The van der Waals surface area contributed by atoms with Gasteiger partial charge in [0.2, 0.25) is 15.7 Å². The van der Waals surface area contributed by atoms with Crippen LogP contribution in [-0.2, 0) is 14.6 Å². The quantitative estimate of drug-likeness (QED) is 0.639. The molecule has 0 fully saturated rings. The van der Waals surface area contributed by atoms with Crippen LogP contribution in [0.4, 0.5) is 17.1 Å². The minimum absolute atomic E-state index is 0.156. The van der Waals surface area contributed by atoms with Gasteiger partial charge in [0.25, 0.3) is 0 Å². The standard InChI is InChI=1S/C23H25N3O3S/c1-7-20(26-21-10-17(25-16(5)27)9-8-13(21)2)19-12-23-18(11-22(19)24-6)14(3)15(4)30(23,28)29/h7-12,26H,6H2,1-5H3,(H,25,27)/b20-7+. The van der Waals surface area contributed by atoms with Crippen LogP contribution in [0.2, 0.25) is 0 Å². The molecule has 0 saturated heterocycles. The smallest absolute Gasteiger partial charge is 0.221 e. The van der Waals surface area contributed by atoms with E-state index in [-0.39, 0.29) is 10.8 Å². The zero-order valence-corrected chi connectivity index (χ0v) is 18.6. The molecule has 6 nitrogen and oxygen atoms in total. The van der Waals surface area contributed by atoms with Gasteiger partial charge in [-0.05, 0) is 75.4 Å². The number of carbonyl (C=O) groups is 1. The maximum Gasteiger partial charge on any atom is 0.221 e. The molecule has 1 aliphatic rings. The van der Waals surface area contributed by atoms with Gasteiger partial charge < -0.3 is 10.6 Å². The number of fused-ring (bicyclic) bond motifs is 1. The van der Waals surface area contributed by atoms with E-state index in [0.29, 0.717) is 33.1 Å². The van der Waals surface area contributed by atoms with Gasteiger partial charge in [-0.2, -0.15) is 0 Å². The summed E-state index contributed by atoms with van der Waals surface area (Å²) < 4.78 is 25.7. The van der Waals surface area contributed by atoms with Gasteiger partial charge >= 0.3 is 0 Å². The van der Waals surface area contributed by atoms with Crippen LogP contribution >= 0.6 is 0 Å². The molecule has 1 amide bonds. The van der Waals surface area contributed by atoms with Gasteiger partial charge in [-0.15, -0.1) is 0 Å². The summed E-state index contributed by atoms with van der Waals surface area (Å²) in [4.78, 5) is 16.2. The van der Waals surface area contributed by atoms with Crippen LogP contribution in [-0.4, -0.2) is 21.0 Å². The third kappa shape index (κ3) is 3.68. The molecule has 0 spiro atoms. The molecular weight excluding hydrogens is 398 g/mol. The molecule has 1 heterocycles. The van der Waals surface area contributed by atoms with Crippen LogP contribution in [0.15, 0.2) is 51.2 Å². The first kappa shape index (κ1) is 21.5. The number of benzene rings is 2. The molecule has 1 aliphatic heterocycles. The number of allylic oxidation sites excluding steroid dienone is 3. The van der Waals surface area contributed by atoms with Crippen LogP contribution in [0, 0.1) is 6.92 Å². The first-order valence-electron chi connectivity index (χ1n) is 9.49. The van der Waals surface area contributed by atoms with Crippen molar-refractivity contribution in [3.8, 4) is 0 Å². The molecular formula is C23H25N3O3S. The first-order chi connectivity index (χ1) is 14.1. The van der Waals surface area contributed by atoms with E-state index in [2.05, 4.69) is 22.3 Å². The van der Waals surface area contributed by atoms with Crippen molar-refractivity contribution in [2.45, 2.75) is 39.5 Å². The molecule has 0 aliphatic carbocycles. The fourth-order valence-electron chi connectivity index (χ4n) is 3.46. The highest BCUT2D eigenvalue weighted by atomic mass is 32.2. The van der Waals surface area contributed by atoms with Gasteiger partial charge in [0, 0.05) is 34.5 Å². The summed E-state index contributed by atoms with van der Waals surface area (Å²) in [5.74, 6) is -0.156. The number of anilines is 2. The fourth-order valence-corrected chi connectivity index (χ4v) is 5.08. The Labute approximate surface area is 177 Å². The zero-order valence-electron chi connectivity index (χ0n) is 17.8. The number of nitrogens with one attached hydrogen (secondary N) is 2. The van der Waals surface area contributed by atoms with Gasteiger partial charge in [-0.1, -0.05) is 12.1 Å². The van der Waals surface area contributed by atoms with Crippen LogP contribution in [0.25, 0.3) is 11.3 Å². The lowest BCUT2D eigenvalue weighted by Crippen LogP contribution is -2.07. The summed E-state index contributed by atoms with van der Waals surface area (Å²) in [6.45, 7) is 12.4. The van der Waals surface area contributed by atoms with E-state index in [4.69, 9.17) is 0 Å². The van der Waals surface area contributed by atoms with Gasteiger partial charge in [-0.3, -0.25) is 9.79 Å². The average Bonchev–Trinajstić information content (AvgIpc) is 2.87. The van der Waals surface area contributed by atoms with E-state index in [1.807, 2.05) is 38.1 Å². The Bertz CT molecular complexity index is 1240. The Morgan fingerprint density at radius 3 is 2.40 bits per heavy atom. The lowest BCUT2D eigenvalue weighted by Gasteiger charge is -2.17. The van der Waals surface area contributed by atoms with E-state index in [1.165, 1.54) is 6.92 Å². The highest BCUT2D eigenvalue weighted by Gasteiger charge is 2.32. The molecule has 2 aromatic rings. The SMILES string of the molecule is C=Nc1cc2c(cc1/C(=C\C)Nc1cc(NC(C)=O)ccc1C)S(=O)(=O)C(C)=C2C. The van der Waals surface area contributed by atoms with Crippen molar-refractivity contribution < 1.29 is 13.2 Å². The van der Waals surface area contributed by atoms with E-state index in [1.54, 1.807) is 26.0 Å². The number of aliphatic imine (C=N–C) groups is 1. The normalized spacial score (nSPS) is 15.0. The second-order valence-corrected chi connectivity index (χ2v) is 9.31. The summed E-state index contributed by atoms with van der Waals surface area (Å²) in [5.41, 5.74) is 5.75. The Hall–Kier alpha value is -3.19. The molecule has 0 saturated carbocycles. The van der Waals surface area contributed by atoms with Crippen molar-refractivity contribution in [2.75, 3.05) is 10.6 Å². The molecule has 0 unspecified atom stereocenters. The highest BCUT2D eigenvalue weighted by molar-refractivity contribution is 7.95. The molecule has 7 heteroatoms. The molecule has 0 atom stereocenters. The van der Waals surface area contributed by atoms with Gasteiger partial charge in [0.1, 0.15) is 0 Å². The number of hydrogen-bond donors (Lipinski definition) is 2. The summed E-state index contributed by atoms with van der Waals surface area (Å²) >= 11 is 0. The Kier molecular flexibility index (Phi) is 5.67. The molecule has 2 N–H and O–H groups in total. The summed E-state index contributed by atoms with van der Waals surface area (Å²) in [6, 6.07) is 8.99. The summed E-state index contributed by atoms with van der Waals surface area (Å²) in [5, 5.41) is 6.12. The van der Waals surface area contributed by atoms with Gasteiger partial charge in [0.15, 0.2) is 0 Å². The number of hydrogen-bond acceptors (Lipinski definition) is 5. The van der Waals surface area contributed by atoms with Crippen molar-refractivity contribution in [1.29, 1.82) is 0 Å². The molecule has 30 heavy (non-hydrogen) atoms. The minimum Gasteiger partial charge on any atom is -0.355 e. The molecule has 2 aromatic carbocycles. The predicted octanol–water partition coefficient (Wildman–Crippen LogP) is 5.30. The topological polar surface area (TPSA) is 87.6 Å². The number of rotatable bonds is 5. The number of amides is 1. The minimum atomic E-state index is -3.51. The first-order valence-corrected chi connectivity index (χ1v) is 11.0. The molecule has 3 rings (SSSR count). The Morgan fingerprint density at radius 2 is 1.80 bits per heavy atom. The van der Waals surface area contributed by atoms with Crippen LogP contribution in [0.1, 0.15) is 44.4 Å². The number of sulfone groups is 1.